The molecule has 0 saturated heterocycles. The first-order valence-electron chi connectivity index (χ1n) is 10.7. The molecule has 4 aromatic carbocycles. The molecule has 0 bridgehead atoms. The number of para-hydroxylation sites is 2. The summed E-state index contributed by atoms with van der Waals surface area (Å²) in [7, 11) is 0. The zero-order valence-electron chi connectivity index (χ0n) is 17.3. The van der Waals surface area contributed by atoms with Gasteiger partial charge in [-0.15, -0.1) is 0 Å². The van der Waals surface area contributed by atoms with Gasteiger partial charge in [0.1, 0.15) is 6.61 Å². The summed E-state index contributed by atoms with van der Waals surface area (Å²) in [5.41, 5.74) is 7.21. The van der Waals surface area contributed by atoms with Crippen LogP contribution in [0.25, 0.3) is 32.9 Å². The van der Waals surface area contributed by atoms with E-state index in [-0.39, 0.29) is 12.5 Å². The van der Waals surface area contributed by atoms with Crippen LogP contribution in [0.5, 0.6) is 0 Å². The number of carbonyl (C=O) groups is 1. The molecule has 0 unspecified atom stereocenters. The van der Waals surface area contributed by atoms with Crippen LogP contribution >= 0.6 is 0 Å². The number of hydrogen-bond donors (Lipinski definition) is 1. The van der Waals surface area contributed by atoms with E-state index in [0.29, 0.717) is 0 Å². The Morgan fingerprint density at radius 3 is 1.81 bits per heavy atom. The number of rotatable bonds is 3. The van der Waals surface area contributed by atoms with Gasteiger partial charge in [-0.3, -0.25) is 5.32 Å². The van der Waals surface area contributed by atoms with E-state index >= 15 is 0 Å². The molecule has 0 fully saturated rings. The molecule has 1 N–H and O–H groups in total. The average Bonchev–Trinajstić information content (AvgIpc) is 3.16. The number of ether oxygens (including phenoxy) is 1. The second-order valence-electron chi connectivity index (χ2n) is 7.97. The summed E-state index contributed by atoms with van der Waals surface area (Å²) in [5, 5.41) is 4.78. The molecule has 5 aromatic rings. The number of amides is 1. The Morgan fingerprint density at radius 1 is 0.719 bits per heavy atom. The maximum absolute atomic E-state index is 12.9. The summed E-state index contributed by atoms with van der Waals surface area (Å²) >= 11 is 0. The third-order valence-corrected chi connectivity index (χ3v) is 6.16. The number of fused-ring (bicyclic) bond motifs is 5. The standard InChI is InChI=1S/C28H20N2O2/c31-28(30-27-22-13-5-7-15-25(22)29-26-16-8-6-14-23(26)27)32-17-24-20-11-3-1-9-18(20)19-10-2-4-12-21(19)24/h1-16,24H,17H2,(H,29,30,31). The van der Waals surface area contributed by atoms with Crippen molar-refractivity contribution in [1.29, 1.82) is 0 Å². The van der Waals surface area contributed by atoms with Crippen molar-refractivity contribution in [2.75, 3.05) is 11.9 Å². The highest BCUT2D eigenvalue weighted by atomic mass is 16.5. The monoisotopic (exact) mass is 416 g/mol. The van der Waals surface area contributed by atoms with E-state index in [1.165, 1.54) is 22.3 Å². The fraction of sp³-hybridized carbons (Fsp3) is 0.0714. The highest BCUT2D eigenvalue weighted by Gasteiger charge is 2.29. The van der Waals surface area contributed by atoms with Crippen molar-refractivity contribution in [3.63, 3.8) is 0 Å². The fourth-order valence-corrected chi connectivity index (χ4v) is 4.71. The largest absolute Gasteiger partial charge is 0.448 e. The zero-order valence-corrected chi connectivity index (χ0v) is 17.3. The maximum atomic E-state index is 12.9. The van der Waals surface area contributed by atoms with Gasteiger partial charge in [-0.1, -0.05) is 84.9 Å². The Kier molecular flexibility index (Phi) is 4.36. The first kappa shape index (κ1) is 18.6. The van der Waals surface area contributed by atoms with Crippen LogP contribution in [0.4, 0.5) is 10.5 Å². The molecule has 154 valence electrons. The molecular weight excluding hydrogens is 396 g/mol. The number of nitrogens with one attached hydrogen (secondary N) is 1. The molecule has 1 heterocycles. The Morgan fingerprint density at radius 2 is 1.22 bits per heavy atom. The minimum atomic E-state index is -0.464. The first-order valence-corrected chi connectivity index (χ1v) is 10.7. The van der Waals surface area contributed by atoms with Crippen molar-refractivity contribution in [3.05, 3.63) is 108 Å². The van der Waals surface area contributed by atoms with Crippen molar-refractivity contribution < 1.29 is 9.53 Å². The molecule has 0 saturated carbocycles. The molecule has 0 spiro atoms. The van der Waals surface area contributed by atoms with Gasteiger partial charge in [0.25, 0.3) is 0 Å². The van der Waals surface area contributed by atoms with Gasteiger partial charge in [-0.25, -0.2) is 9.78 Å². The van der Waals surface area contributed by atoms with Crippen LogP contribution < -0.4 is 5.32 Å². The molecule has 6 rings (SSSR count). The van der Waals surface area contributed by atoms with Crippen LogP contribution in [-0.4, -0.2) is 17.7 Å². The number of pyridine rings is 1. The lowest BCUT2D eigenvalue weighted by Gasteiger charge is -2.16. The predicted molar refractivity (Wildman–Crippen MR) is 128 cm³/mol. The van der Waals surface area contributed by atoms with Crippen LogP contribution in [0.2, 0.25) is 0 Å². The molecule has 1 aromatic heterocycles. The molecule has 0 radical (unpaired) electrons. The number of aromatic nitrogens is 1. The maximum Gasteiger partial charge on any atom is 0.411 e. The lowest BCUT2D eigenvalue weighted by atomic mass is 9.98. The van der Waals surface area contributed by atoms with Crippen LogP contribution in [0.3, 0.4) is 0 Å². The summed E-state index contributed by atoms with van der Waals surface area (Å²) in [6, 6.07) is 32.3. The van der Waals surface area contributed by atoms with Gasteiger partial charge in [0.15, 0.2) is 0 Å². The van der Waals surface area contributed by atoms with E-state index in [9.17, 15) is 4.79 Å². The third kappa shape index (κ3) is 3.00. The summed E-state index contributed by atoms with van der Waals surface area (Å²) < 4.78 is 5.77. The van der Waals surface area contributed by atoms with E-state index < -0.39 is 6.09 Å². The van der Waals surface area contributed by atoms with Gasteiger partial charge in [0, 0.05) is 16.7 Å². The summed E-state index contributed by atoms with van der Waals surface area (Å²) in [6.07, 6.45) is -0.464. The Bertz CT molecular complexity index is 1390. The van der Waals surface area contributed by atoms with Crippen LogP contribution in [0.15, 0.2) is 97.1 Å². The number of anilines is 1. The molecule has 4 nitrogen and oxygen atoms in total. The van der Waals surface area contributed by atoms with Gasteiger partial charge in [-0.2, -0.15) is 0 Å². The topological polar surface area (TPSA) is 51.2 Å². The van der Waals surface area contributed by atoms with Gasteiger partial charge in [0.2, 0.25) is 0 Å². The van der Waals surface area contributed by atoms with Crippen LogP contribution in [0.1, 0.15) is 17.0 Å². The normalized spacial score (nSPS) is 12.5. The number of benzene rings is 4. The minimum Gasteiger partial charge on any atom is -0.448 e. The summed E-state index contributed by atoms with van der Waals surface area (Å²) in [4.78, 5) is 17.6. The van der Waals surface area contributed by atoms with Gasteiger partial charge in [0.05, 0.1) is 16.7 Å². The first-order chi connectivity index (χ1) is 15.8. The smallest absolute Gasteiger partial charge is 0.411 e. The lowest BCUT2D eigenvalue weighted by Crippen LogP contribution is -2.18. The molecule has 4 heteroatoms. The van der Waals surface area contributed by atoms with E-state index in [1.54, 1.807) is 0 Å². The fourth-order valence-electron chi connectivity index (χ4n) is 4.71. The Balaban J connectivity index is 1.30. The van der Waals surface area contributed by atoms with E-state index in [2.05, 4.69) is 29.6 Å². The highest BCUT2D eigenvalue weighted by molar-refractivity contribution is 6.11. The SMILES string of the molecule is O=C(Nc1c2ccccc2nc2ccccc12)OCC1c2ccccc2-c2ccccc21. The summed E-state index contributed by atoms with van der Waals surface area (Å²) in [5.74, 6) is 0.0269. The number of nitrogens with zero attached hydrogens (tertiary/aromatic N) is 1. The van der Waals surface area contributed by atoms with E-state index in [4.69, 9.17) is 9.72 Å². The van der Waals surface area contributed by atoms with Crippen LogP contribution in [-0.2, 0) is 4.74 Å². The molecule has 32 heavy (non-hydrogen) atoms. The molecule has 0 atom stereocenters. The Labute approximate surface area is 185 Å². The van der Waals surface area contributed by atoms with Gasteiger partial charge < -0.3 is 4.74 Å². The summed E-state index contributed by atoms with van der Waals surface area (Å²) in [6.45, 7) is 0.279. The Hall–Kier alpha value is -4.18. The van der Waals surface area contributed by atoms with Crippen molar-refractivity contribution in [1.82, 2.24) is 4.98 Å². The van der Waals surface area contributed by atoms with E-state index in [0.717, 1.165) is 27.5 Å². The number of carbonyl (C=O) groups excluding carboxylic acids is 1. The van der Waals surface area contributed by atoms with Crippen molar-refractivity contribution in [2.45, 2.75) is 5.92 Å². The third-order valence-electron chi connectivity index (χ3n) is 6.16. The minimum absolute atomic E-state index is 0.0269. The molecular formula is C28H20N2O2. The van der Waals surface area contributed by atoms with Crippen molar-refractivity contribution in [3.8, 4) is 11.1 Å². The second kappa shape index (κ2) is 7.50. The van der Waals surface area contributed by atoms with Gasteiger partial charge in [-0.05, 0) is 34.4 Å². The zero-order chi connectivity index (χ0) is 21.5. The average molecular weight is 416 g/mol. The quantitative estimate of drug-likeness (QED) is 0.331. The van der Waals surface area contributed by atoms with Crippen molar-refractivity contribution >= 4 is 33.6 Å². The predicted octanol–water partition coefficient (Wildman–Crippen LogP) is 6.75. The van der Waals surface area contributed by atoms with E-state index in [1.807, 2.05) is 72.8 Å². The highest BCUT2D eigenvalue weighted by Crippen LogP contribution is 2.44. The molecule has 1 aliphatic rings. The second-order valence-corrected chi connectivity index (χ2v) is 7.97. The van der Waals surface area contributed by atoms with Gasteiger partial charge >= 0.3 is 6.09 Å². The molecule has 0 aliphatic heterocycles. The van der Waals surface area contributed by atoms with Crippen LogP contribution in [0, 0.1) is 0 Å². The van der Waals surface area contributed by atoms with Crippen molar-refractivity contribution in [2.24, 2.45) is 0 Å². The number of hydrogen-bond acceptors (Lipinski definition) is 3. The molecule has 1 aliphatic carbocycles. The lowest BCUT2D eigenvalue weighted by molar-refractivity contribution is 0.158. The molecule has 1 amide bonds.